The molecule has 11 heavy (non-hydrogen) atoms. The first-order valence-electron chi connectivity index (χ1n) is 2.87. The van der Waals surface area contributed by atoms with Crippen molar-refractivity contribution in [2.24, 2.45) is 0 Å². The van der Waals surface area contributed by atoms with Crippen LogP contribution in [0.25, 0.3) is 11.0 Å². The fourth-order valence-electron chi connectivity index (χ4n) is 0.857. The van der Waals surface area contributed by atoms with Crippen LogP contribution in [-0.4, -0.2) is 14.4 Å². The fraction of sp³-hybridized carbons (Fsp3) is 0. The van der Waals surface area contributed by atoms with Gasteiger partial charge in [0.15, 0.2) is 0 Å². The molecule has 1 heterocycles. The predicted molar refractivity (Wildman–Crippen MR) is 41.9 cm³/mol. The second-order valence-electron chi connectivity index (χ2n) is 1.97. The largest absolute Gasteiger partial charge is 1.00 e. The summed E-state index contributed by atoms with van der Waals surface area (Å²) in [5.41, 5.74) is 1.81. The molecule has 50 valence electrons. The van der Waals surface area contributed by atoms with E-state index in [2.05, 4.69) is 23.1 Å². The minimum absolute atomic E-state index is 0. The smallest absolute Gasteiger partial charge is 0.189 e. The topological polar surface area (TPSA) is 30.7 Å². The number of fused-ring (bicyclic) bond motifs is 1. The van der Waals surface area contributed by atoms with E-state index < -0.39 is 0 Å². The molecule has 0 fully saturated rings. The summed E-state index contributed by atoms with van der Waals surface area (Å²) in [5.74, 6) is 0. The van der Waals surface area contributed by atoms with Crippen LogP contribution >= 0.6 is 12.8 Å². The van der Waals surface area contributed by atoms with Gasteiger partial charge in [-0.25, -0.2) is 0 Å². The number of benzene rings is 1. The van der Waals surface area contributed by atoms with E-state index in [0.717, 1.165) is 11.0 Å². The van der Waals surface area contributed by atoms with Crippen LogP contribution in [0, 0.1) is 0 Å². The molecule has 2 aromatic rings. The first kappa shape index (κ1) is 9.06. The van der Waals surface area contributed by atoms with Gasteiger partial charge in [0.05, 0.1) is 0 Å². The van der Waals surface area contributed by atoms with E-state index in [0.29, 0.717) is 0 Å². The number of para-hydroxylation sites is 1. The summed E-state index contributed by atoms with van der Waals surface area (Å²) in [6.45, 7) is 0. The standard InChI is InChI=1S/C6H5N3S.Na/c10-9-6-4-2-1-3-5(6)7-8-9;/h1-4,10H;/q;+1. The van der Waals surface area contributed by atoms with Gasteiger partial charge in [0.1, 0.15) is 11.0 Å². The maximum atomic E-state index is 4.04. The van der Waals surface area contributed by atoms with Gasteiger partial charge in [-0.3, -0.25) is 0 Å². The van der Waals surface area contributed by atoms with Gasteiger partial charge in [0.2, 0.25) is 0 Å². The second kappa shape index (κ2) is 3.58. The average Bonchev–Trinajstić information content (AvgIpc) is 2.34. The van der Waals surface area contributed by atoms with E-state index >= 15 is 0 Å². The van der Waals surface area contributed by atoms with Gasteiger partial charge < -0.3 is 0 Å². The maximum Gasteiger partial charge on any atom is 1.00 e. The van der Waals surface area contributed by atoms with E-state index in [1.54, 1.807) is 0 Å². The van der Waals surface area contributed by atoms with E-state index in [-0.39, 0.29) is 29.6 Å². The van der Waals surface area contributed by atoms with Crippen LogP contribution in [-0.2, 0) is 0 Å². The van der Waals surface area contributed by atoms with Crippen molar-refractivity contribution in [2.75, 3.05) is 0 Å². The zero-order valence-electron chi connectivity index (χ0n) is 6.10. The number of rotatable bonds is 0. The summed E-state index contributed by atoms with van der Waals surface area (Å²) in [5, 5.41) is 7.58. The molecule has 0 amide bonds. The van der Waals surface area contributed by atoms with E-state index in [4.69, 9.17) is 0 Å². The van der Waals surface area contributed by atoms with Crippen molar-refractivity contribution in [3.63, 3.8) is 0 Å². The Morgan fingerprint density at radius 2 is 2.00 bits per heavy atom. The van der Waals surface area contributed by atoms with Crippen LogP contribution in [0.2, 0.25) is 0 Å². The summed E-state index contributed by atoms with van der Waals surface area (Å²) in [6, 6.07) is 7.67. The fourth-order valence-corrected chi connectivity index (χ4v) is 1.07. The van der Waals surface area contributed by atoms with Crippen LogP contribution in [0.5, 0.6) is 0 Å². The molecule has 0 bridgehead atoms. The minimum Gasteiger partial charge on any atom is -0.189 e. The number of nitrogens with zero attached hydrogens (tertiary/aromatic N) is 3. The van der Waals surface area contributed by atoms with Crippen LogP contribution in [0.3, 0.4) is 0 Å². The molecule has 1 aromatic carbocycles. The quantitative estimate of drug-likeness (QED) is 0.374. The van der Waals surface area contributed by atoms with Gasteiger partial charge in [-0.1, -0.05) is 17.3 Å². The Kier molecular flexibility index (Phi) is 2.95. The van der Waals surface area contributed by atoms with Gasteiger partial charge in [-0.05, 0) is 24.9 Å². The molecule has 0 aliphatic carbocycles. The number of thiol groups is 1. The van der Waals surface area contributed by atoms with Crippen molar-refractivity contribution in [3.05, 3.63) is 24.3 Å². The molecule has 0 saturated carbocycles. The molecule has 1 aromatic heterocycles. The Labute approximate surface area is 91.6 Å². The van der Waals surface area contributed by atoms with Gasteiger partial charge >= 0.3 is 29.6 Å². The van der Waals surface area contributed by atoms with Crippen LogP contribution in [0.15, 0.2) is 24.3 Å². The minimum atomic E-state index is 0. The normalized spacial score (nSPS) is 9.55. The Hall–Kier alpha value is -0.0300. The molecule has 0 aliphatic heterocycles. The van der Waals surface area contributed by atoms with Crippen molar-refractivity contribution in [2.45, 2.75) is 0 Å². The van der Waals surface area contributed by atoms with Crippen molar-refractivity contribution in [3.8, 4) is 0 Å². The molecule has 3 nitrogen and oxygen atoms in total. The molecule has 0 N–H and O–H groups in total. The second-order valence-corrected chi connectivity index (χ2v) is 2.35. The molecule has 0 saturated heterocycles. The number of hydrogen-bond donors (Lipinski definition) is 1. The van der Waals surface area contributed by atoms with Gasteiger partial charge in [0, 0.05) is 0 Å². The third-order valence-corrected chi connectivity index (χ3v) is 1.63. The molecule has 5 heteroatoms. The monoisotopic (exact) mass is 174 g/mol. The third-order valence-electron chi connectivity index (χ3n) is 1.33. The Morgan fingerprint density at radius 1 is 1.27 bits per heavy atom. The first-order chi connectivity index (χ1) is 4.88. The van der Waals surface area contributed by atoms with Gasteiger partial charge in [0.25, 0.3) is 0 Å². The molecule has 0 radical (unpaired) electrons. The third kappa shape index (κ3) is 1.59. The maximum absolute atomic E-state index is 4.04. The summed E-state index contributed by atoms with van der Waals surface area (Å²) in [7, 11) is 0. The predicted octanol–water partition coefficient (Wildman–Crippen LogP) is -1.87. The molecule has 0 spiro atoms. The van der Waals surface area contributed by atoms with E-state index in [9.17, 15) is 0 Å². The first-order valence-corrected chi connectivity index (χ1v) is 3.27. The molecule has 0 aliphatic rings. The van der Waals surface area contributed by atoms with Crippen LogP contribution < -0.4 is 29.6 Å². The zero-order valence-corrected chi connectivity index (χ0v) is 8.99. The Balaban J connectivity index is 0.000000605. The zero-order chi connectivity index (χ0) is 6.97. The van der Waals surface area contributed by atoms with Crippen LogP contribution in [0.4, 0.5) is 0 Å². The molecule has 0 atom stereocenters. The van der Waals surface area contributed by atoms with Crippen molar-refractivity contribution >= 4 is 23.8 Å². The van der Waals surface area contributed by atoms with Crippen molar-refractivity contribution < 1.29 is 29.6 Å². The van der Waals surface area contributed by atoms with E-state index in [1.165, 1.54) is 4.09 Å². The summed E-state index contributed by atoms with van der Waals surface area (Å²) in [6.07, 6.45) is 0. The summed E-state index contributed by atoms with van der Waals surface area (Å²) in [4.78, 5) is 0. The van der Waals surface area contributed by atoms with Crippen LogP contribution in [0.1, 0.15) is 0 Å². The summed E-state index contributed by atoms with van der Waals surface area (Å²) >= 11 is 4.04. The molecule has 0 unspecified atom stereocenters. The molecular formula is C6H5N3NaS+. The van der Waals surface area contributed by atoms with Crippen molar-refractivity contribution in [1.82, 2.24) is 14.4 Å². The Bertz CT molecular complexity index is 359. The molecule has 2 rings (SSSR count). The number of aromatic nitrogens is 3. The van der Waals surface area contributed by atoms with Gasteiger partial charge in [-0.2, -0.15) is 4.09 Å². The van der Waals surface area contributed by atoms with Gasteiger partial charge in [-0.15, -0.1) is 5.10 Å². The SMILES string of the molecule is Sn1nnc2ccccc21.[Na+]. The van der Waals surface area contributed by atoms with Crippen molar-refractivity contribution in [1.29, 1.82) is 0 Å². The molecular weight excluding hydrogens is 169 g/mol. The number of hydrogen-bond acceptors (Lipinski definition) is 3. The average molecular weight is 174 g/mol. The Morgan fingerprint density at radius 3 is 2.73 bits per heavy atom. The summed E-state index contributed by atoms with van der Waals surface area (Å²) < 4.78 is 1.45. The van der Waals surface area contributed by atoms with E-state index in [1.807, 2.05) is 24.3 Å².